The minimum atomic E-state index is -3.80. The molecule has 0 atom stereocenters. The molecule has 1 amide bonds. The number of benzene rings is 2. The number of hydrogen-bond donors (Lipinski definition) is 2. The smallest absolute Gasteiger partial charge is 0.256 e. The molecule has 3 rings (SSSR count). The van der Waals surface area contributed by atoms with Gasteiger partial charge in [0.05, 0.1) is 16.7 Å². The van der Waals surface area contributed by atoms with Crippen LogP contribution in [0.2, 0.25) is 0 Å². The van der Waals surface area contributed by atoms with E-state index in [1.165, 1.54) is 23.0 Å². The Morgan fingerprint density at radius 2 is 1.86 bits per heavy atom. The average molecular weight is 394 g/mol. The van der Waals surface area contributed by atoms with Gasteiger partial charge in [-0.3, -0.25) is 9.48 Å². The van der Waals surface area contributed by atoms with Gasteiger partial charge < -0.3 is 5.32 Å². The molecule has 0 radical (unpaired) electrons. The van der Waals surface area contributed by atoms with E-state index in [1.54, 1.807) is 31.3 Å². The van der Waals surface area contributed by atoms with Crippen LogP contribution in [0.3, 0.4) is 0 Å². The molecule has 0 spiro atoms. The van der Waals surface area contributed by atoms with Crippen LogP contribution in [0.5, 0.6) is 0 Å². The predicted molar refractivity (Wildman–Crippen MR) is 106 cm³/mol. The van der Waals surface area contributed by atoms with Crippen LogP contribution < -0.4 is 10.5 Å². The van der Waals surface area contributed by atoms with Crippen molar-refractivity contribution in [1.82, 2.24) is 9.78 Å². The summed E-state index contributed by atoms with van der Waals surface area (Å²) in [6.45, 7) is 1.95. The molecule has 0 bridgehead atoms. The number of nitrogens with zero attached hydrogens (tertiary/aromatic N) is 2. The van der Waals surface area contributed by atoms with Crippen LogP contribution in [-0.2, 0) is 17.1 Å². The second-order valence-electron chi connectivity index (χ2n) is 6.17. The van der Waals surface area contributed by atoms with E-state index in [0.717, 1.165) is 5.56 Å². The Balaban J connectivity index is 1.87. The van der Waals surface area contributed by atoms with Crippen LogP contribution in [0.15, 0.2) is 59.6 Å². The summed E-state index contributed by atoms with van der Waals surface area (Å²) in [5.74, 6) is 5.95. The van der Waals surface area contributed by atoms with Crippen LogP contribution in [-0.4, -0.2) is 24.1 Å². The fraction of sp³-hybridized carbons (Fsp3) is 0.100. The zero-order valence-electron chi connectivity index (χ0n) is 15.3. The highest BCUT2D eigenvalue weighted by Gasteiger charge is 2.12. The van der Waals surface area contributed by atoms with Crippen molar-refractivity contribution in [1.29, 1.82) is 0 Å². The molecule has 142 valence electrons. The summed E-state index contributed by atoms with van der Waals surface area (Å²) < 4.78 is 24.4. The first-order chi connectivity index (χ1) is 13.2. The zero-order chi connectivity index (χ0) is 20.3. The van der Waals surface area contributed by atoms with E-state index in [-0.39, 0.29) is 10.8 Å². The molecular weight excluding hydrogens is 376 g/mol. The lowest BCUT2D eigenvalue weighted by molar-refractivity contribution is 0.102. The topological polar surface area (TPSA) is 107 Å². The fourth-order valence-corrected chi connectivity index (χ4v) is 3.01. The maximum atomic E-state index is 12.5. The predicted octanol–water partition coefficient (Wildman–Crippen LogP) is 2.03. The van der Waals surface area contributed by atoms with Crippen molar-refractivity contribution < 1.29 is 13.2 Å². The maximum absolute atomic E-state index is 12.5. The third-order valence-corrected chi connectivity index (χ3v) is 4.90. The molecule has 0 unspecified atom stereocenters. The summed E-state index contributed by atoms with van der Waals surface area (Å²) in [7, 11) is -2.11. The second-order valence-corrected chi connectivity index (χ2v) is 7.73. The van der Waals surface area contributed by atoms with E-state index < -0.39 is 10.0 Å². The monoisotopic (exact) mass is 394 g/mol. The zero-order valence-corrected chi connectivity index (χ0v) is 16.1. The highest BCUT2D eigenvalue weighted by molar-refractivity contribution is 7.89. The third-order valence-electron chi connectivity index (χ3n) is 3.99. The van der Waals surface area contributed by atoms with Gasteiger partial charge in [0.2, 0.25) is 10.0 Å². The van der Waals surface area contributed by atoms with Crippen LogP contribution in [0.25, 0.3) is 0 Å². The molecule has 0 aliphatic heterocycles. The van der Waals surface area contributed by atoms with Crippen molar-refractivity contribution >= 4 is 21.7 Å². The number of aryl methyl sites for hydroxylation is 2. The molecule has 0 fully saturated rings. The fourth-order valence-electron chi connectivity index (χ4n) is 2.45. The molecule has 1 aromatic heterocycles. The van der Waals surface area contributed by atoms with Crippen LogP contribution in [0.4, 0.5) is 5.82 Å². The Hall–Kier alpha value is -3.41. The van der Waals surface area contributed by atoms with E-state index in [2.05, 4.69) is 22.3 Å². The number of amides is 1. The normalized spacial score (nSPS) is 10.8. The molecule has 0 aliphatic carbocycles. The lowest BCUT2D eigenvalue weighted by Crippen LogP contribution is -2.15. The number of sulfonamides is 1. The quantitative estimate of drug-likeness (QED) is 0.663. The molecule has 7 nitrogen and oxygen atoms in total. The first kappa shape index (κ1) is 19.4. The number of nitrogens with two attached hydrogens (primary N) is 1. The SMILES string of the molecule is Cc1ccc(C(=O)Nc2c(C#Cc3cccc(S(N)(=O)=O)c3)cnn2C)cc1. The minimum absolute atomic E-state index is 0.0154. The Bertz CT molecular complexity index is 1200. The Kier molecular flexibility index (Phi) is 5.31. The molecular formula is C20H18N4O3S. The van der Waals surface area contributed by atoms with Crippen LogP contribution >= 0.6 is 0 Å². The number of carbonyl (C=O) groups is 1. The van der Waals surface area contributed by atoms with E-state index >= 15 is 0 Å². The minimum Gasteiger partial charge on any atom is -0.306 e. The standard InChI is InChI=1S/C20H18N4O3S/c1-14-6-9-16(10-7-14)20(25)23-19-17(13-22-24(19)2)11-8-15-4-3-5-18(12-15)28(21,26)27/h3-7,9-10,12-13H,1-2H3,(H,23,25)(H2,21,26,27). The van der Waals surface area contributed by atoms with Crippen molar-refractivity contribution in [3.63, 3.8) is 0 Å². The number of hydrogen-bond acceptors (Lipinski definition) is 4. The Morgan fingerprint density at radius 1 is 1.14 bits per heavy atom. The van der Waals surface area contributed by atoms with Gasteiger partial charge >= 0.3 is 0 Å². The number of carbonyl (C=O) groups excluding carboxylic acids is 1. The average Bonchev–Trinajstić information content (AvgIpc) is 3.00. The molecule has 3 N–H and O–H groups in total. The largest absolute Gasteiger partial charge is 0.306 e. The molecule has 0 aliphatic rings. The second kappa shape index (κ2) is 7.68. The molecule has 2 aromatic carbocycles. The first-order valence-corrected chi connectivity index (χ1v) is 9.83. The van der Waals surface area contributed by atoms with Gasteiger partial charge in [0.1, 0.15) is 5.82 Å². The van der Waals surface area contributed by atoms with Crippen LogP contribution in [0, 0.1) is 18.8 Å². The summed E-state index contributed by atoms with van der Waals surface area (Å²) in [5.41, 5.74) is 2.56. The molecule has 3 aromatic rings. The lowest BCUT2D eigenvalue weighted by Gasteiger charge is -2.06. The van der Waals surface area contributed by atoms with Crippen molar-refractivity contribution in [2.45, 2.75) is 11.8 Å². The van der Waals surface area contributed by atoms with E-state index in [1.807, 2.05) is 19.1 Å². The maximum Gasteiger partial charge on any atom is 0.256 e. The lowest BCUT2D eigenvalue weighted by atomic mass is 10.1. The molecule has 1 heterocycles. The van der Waals surface area contributed by atoms with Crippen molar-refractivity contribution in [3.05, 3.63) is 77.0 Å². The Labute approximate surface area is 163 Å². The summed E-state index contributed by atoms with van der Waals surface area (Å²) in [5, 5.41) is 12.1. The number of primary sulfonamides is 1. The summed E-state index contributed by atoms with van der Waals surface area (Å²) in [6.07, 6.45) is 1.53. The molecule has 0 saturated carbocycles. The van der Waals surface area contributed by atoms with E-state index in [9.17, 15) is 13.2 Å². The van der Waals surface area contributed by atoms with Gasteiger partial charge in [0.15, 0.2) is 0 Å². The van der Waals surface area contributed by atoms with Gasteiger partial charge in [0, 0.05) is 18.2 Å². The van der Waals surface area contributed by atoms with Crippen molar-refractivity contribution in [2.75, 3.05) is 5.32 Å². The summed E-state index contributed by atoms with van der Waals surface area (Å²) >= 11 is 0. The van der Waals surface area contributed by atoms with Crippen molar-refractivity contribution in [2.24, 2.45) is 12.2 Å². The van der Waals surface area contributed by atoms with E-state index in [0.29, 0.717) is 22.5 Å². The molecule has 8 heteroatoms. The van der Waals surface area contributed by atoms with Gasteiger partial charge in [0.25, 0.3) is 5.91 Å². The number of anilines is 1. The van der Waals surface area contributed by atoms with Crippen molar-refractivity contribution in [3.8, 4) is 11.8 Å². The van der Waals surface area contributed by atoms with Gasteiger partial charge in [-0.15, -0.1) is 0 Å². The number of rotatable bonds is 3. The van der Waals surface area contributed by atoms with E-state index in [4.69, 9.17) is 5.14 Å². The molecule has 0 saturated heterocycles. The summed E-state index contributed by atoms with van der Waals surface area (Å²) in [4.78, 5) is 12.5. The van der Waals surface area contributed by atoms with Gasteiger partial charge in [-0.05, 0) is 37.3 Å². The number of aromatic nitrogens is 2. The number of nitrogens with one attached hydrogen (secondary N) is 1. The van der Waals surface area contributed by atoms with Gasteiger partial charge in [-0.1, -0.05) is 35.6 Å². The molecule has 28 heavy (non-hydrogen) atoms. The third kappa shape index (κ3) is 4.46. The Morgan fingerprint density at radius 3 is 2.54 bits per heavy atom. The van der Waals surface area contributed by atoms with Gasteiger partial charge in [-0.2, -0.15) is 5.10 Å². The highest BCUT2D eigenvalue weighted by Crippen LogP contribution is 2.15. The highest BCUT2D eigenvalue weighted by atomic mass is 32.2. The van der Waals surface area contributed by atoms with Gasteiger partial charge in [-0.25, -0.2) is 13.6 Å². The van der Waals surface area contributed by atoms with Crippen LogP contribution in [0.1, 0.15) is 27.0 Å². The first-order valence-electron chi connectivity index (χ1n) is 8.29. The summed E-state index contributed by atoms with van der Waals surface area (Å²) in [6, 6.07) is 13.2.